The Balaban J connectivity index is 1.51. The van der Waals surface area contributed by atoms with Gasteiger partial charge in [0.15, 0.2) is 0 Å². The highest BCUT2D eigenvalue weighted by Crippen LogP contribution is 2.52. The second-order valence-electron chi connectivity index (χ2n) is 9.76. The van der Waals surface area contributed by atoms with Crippen molar-refractivity contribution < 1.29 is 9.59 Å². The molecule has 0 spiro atoms. The zero-order chi connectivity index (χ0) is 26.2. The van der Waals surface area contributed by atoms with Gasteiger partial charge in [-0.15, -0.1) is 47.0 Å². The molecule has 3 aliphatic rings. The fourth-order valence-corrected chi connectivity index (χ4v) is 18.1. The normalized spacial score (nSPS) is 32.2. The van der Waals surface area contributed by atoms with Gasteiger partial charge in [0.05, 0.1) is 9.16 Å². The fourth-order valence-electron chi connectivity index (χ4n) is 4.96. The number of rotatable bonds is 12. The van der Waals surface area contributed by atoms with Crippen molar-refractivity contribution in [2.24, 2.45) is 11.8 Å². The van der Waals surface area contributed by atoms with Crippen molar-refractivity contribution in [1.82, 2.24) is 0 Å². The summed E-state index contributed by atoms with van der Waals surface area (Å²) >= 11 is 15.6. The van der Waals surface area contributed by atoms with Crippen LogP contribution in [0.3, 0.4) is 0 Å². The van der Waals surface area contributed by atoms with Crippen LogP contribution in [0.15, 0.2) is 24.3 Å². The first-order valence-corrected chi connectivity index (χ1v) is 21.0. The highest BCUT2D eigenvalue weighted by Gasteiger charge is 2.42. The monoisotopic (exact) mass is 640 g/mol. The summed E-state index contributed by atoms with van der Waals surface area (Å²) in [4.78, 5) is 24.0. The van der Waals surface area contributed by atoms with E-state index in [1.165, 1.54) is 49.2 Å². The van der Waals surface area contributed by atoms with Gasteiger partial charge in [0.25, 0.3) is 0 Å². The number of hydrogen-bond acceptors (Lipinski definition) is 10. The molecule has 8 unspecified atom stereocenters. The van der Waals surface area contributed by atoms with Gasteiger partial charge in [-0.1, -0.05) is 43.1 Å². The van der Waals surface area contributed by atoms with E-state index in [-0.39, 0.29) is 10.2 Å². The third kappa shape index (κ3) is 9.34. The third-order valence-corrected chi connectivity index (χ3v) is 19.6. The lowest BCUT2D eigenvalue weighted by atomic mass is 9.78. The van der Waals surface area contributed by atoms with E-state index in [4.69, 9.17) is 0 Å². The molecule has 2 aliphatic heterocycles. The Morgan fingerprint density at radius 1 is 0.806 bits per heavy atom. The quantitative estimate of drug-likeness (QED) is 0.194. The van der Waals surface area contributed by atoms with Crippen molar-refractivity contribution in [3.63, 3.8) is 0 Å². The van der Waals surface area contributed by atoms with Crippen LogP contribution in [0.5, 0.6) is 0 Å². The Kier molecular flexibility index (Phi) is 14.4. The predicted molar refractivity (Wildman–Crippen MR) is 180 cm³/mol. The van der Waals surface area contributed by atoms with Gasteiger partial charge >= 0.3 is 0 Å². The van der Waals surface area contributed by atoms with Crippen LogP contribution in [-0.2, 0) is 9.59 Å². The van der Waals surface area contributed by atoms with Gasteiger partial charge in [0.2, 0.25) is 10.2 Å². The summed E-state index contributed by atoms with van der Waals surface area (Å²) in [5, 5.41) is 2.82. The van der Waals surface area contributed by atoms with E-state index in [1.54, 1.807) is 0 Å². The lowest BCUT2D eigenvalue weighted by Gasteiger charge is -2.40. The minimum Gasteiger partial charge on any atom is -0.282 e. The Morgan fingerprint density at radius 3 is 1.58 bits per heavy atom. The first kappa shape index (κ1) is 32.1. The van der Waals surface area contributed by atoms with E-state index in [0.717, 1.165) is 34.8 Å². The molecule has 0 radical (unpaired) electrons. The first-order chi connectivity index (χ1) is 17.2. The second kappa shape index (κ2) is 16.2. The Morgan fingerprint density at radius 2 is 1.22 bits per heavy atom. The molecule has 10 heteroatoms. The van der Waals surface area contributed by atoms with Gasteiger partial charge in [-0.2, -0.15) is 23.5 Å². The molecular weight excluding hydrogens is 601 g/mol. The van der Waals surface area contributed by atoms with Crippen LogP contribution in [0, 0.1) is 11.8 Å². The maximum Gasteiger partial charge on any atom is 0.214 e. The molecule has 0 aromatic carbocycles. The van der Waals surface area contributed by atoms with Gasteiger partial charge in [-0.05, 0) is 68.6 Å². The summed E-state index contributed by atoms with van der Waals surface area (Å²) in [6, 6.07) is 0. The van der Waals surface area contributed by atoms with Crippen LogP contribution < -0.4 is 0 Å². The Labute approximate surface area is 253 Å². The topological polar surface area (TPSA) is 34.1 Å². The van der Waals surface area contributed by atoms with Crippen LogP contribution >= 0.6 is 94.1 Å². The summed E-state index contributed by atoms with van der Waals surface area (Å²) < 4.78 is 1.29. The molecule has 0 aromatic heterocycles. The molecule has 3 rings (SSSR count). The Hall–Kier alpha value is 1.62. The number of carbonyl (C=O) groups excluding carboxylic acids is 2. The molecule has 2 heterocycles. The van der Waals surface area contributed by atoms with Crippen molar-refractivity contribution in [3.8, 4) is 0 Å². The molecule has 1 aliphatic carbocycles. The zero-order valence-electron chi connectivity index (χ0n) is 21.8. The molecule has 8 atom stereocenters. The Bertz CT molecular complexity index is 728. The zero-order valence-corrected chi connectivity index (χ0v) is 28.3. The molecule has 0 bridgehead atoms. The summed E-state index contributed by atoms with van der Waals surface area (Å²) in [5.41, 5.74) is 1.32. The van der Waals surface area contributed by atoms with Gasteiger partial charge in [0, 0.05) is 44.0 Å². The van der Waals surface area contributed by atoms with Crippen molar-refractivity contribution in [1.29, 1.82) is 0 Å². The van der Waals surface area contributed by atoms with Crippen LogP contribution in [0.25, 0.3) is 0 Å². The molecule has 0 amide bonds. The number of hydrogen-bond donors (Lipinski definition) is 0. The highest BCUT2D eigenvalue weighted by atomic mass is 32.2. The number of carbonyl (C=O) groups is 2. The fraction of sp³-hybridized carbons (Fsp3) is 0.769. The molecule has 204 valence electrons. The van der Waals surface area contributed by atoms with Crippen molar-refractivity contribution in [3.05, 3.63) is 24.3 Å². The largest absolute Gasteiger partial charge is 0.282 e. The SMILES string of the molecule is C=C(C)C(=O)SCC1CSC(C(SC)C2CCCC(C(SC)C3SCC(CSC(=O)C(=C)C)S3)C2)S1. The number of thioether (sulfide) groups is 8. The lowest BCUT2D eigenvalue weighted by Crippen LogP contribution is -2.35. The standard InChI is InChI=1S/C26H40O2S8/c1-15(2)23(27)31-11-19-13-33-25(35-19)21(29-5)17-8-7-9-18(10-17)22(30-6)26-34-14-20(36-26)12-32-24(28)16(3)4/h17-22,25-26H,1,3,7-14H2,2,4-6H3. The lowest BCUT2D eigenvalue weighted by molar-refractivity contribution is -0.108. The molecule has 1 saturated carbocycles. The van der Waals surface area contributed by atoms with Gasteiger partial charge in [-0.3, -0.25) is 9.59 Å². The van der Waals surface area contributed by atoms with Crippen molar-refractivity contribution >= 4 is 104 Å². The molecule has 0 aromatic rings. The average Bonchev–Trinajstić information content (AvgIpc) is 3.52. The van der Waals surface area contributed by atoms with E-state index >= 15 is 0 Å². The summed E-state index contributed by atoms with van der Waals surface area (Å²) in [7, 11) is 0. The van der Waals surface area contributed by atoms with E-state index in [0.29, 0.717) is 41.3 Å². The second-order valence-corrected chi connectivity index (χ2v) is 19.6. The maximum atomic E-state index is 12.0. The van der Waals surface area contributed by atoms with Gasteiger partial charge in [0.1, 0.15) is 0 Å². The van der Waals surface area contributed by atoms with E-state index in [2.05, 4.69) is 96.2 Å². The van der Waals surface area contributed by atoms with Gasteiger partial charge in [-0.25, -0.2) is 0 Å². The van der Waals surface area contributed by atoms with Gasteiger partial charge < -0.3 is 0 Å². The molecule has 2 saturated heterocycles. The van der Waals surface area contributed by atoms with E-state index < -0.39 is 0 Å². The first-order valence-electron chi connectivity index (χ1n) is 12.5. The molecule has 3 fully saturated rings. The molecule has 0 N–H and O–H groups in total. The van der Waals surface area contributed by atoms with Crippen LogP contribution in [0.4, 0.5) is 0 Å². The third-order valence-electron chi connectivity index (χ3n) is 6.81. The summed E-state index contributed by atoms with van der Waals surface area (Å²) in [5.74, 6) is 5.73. The minimum absolute atomic E-state index is 0.148. The average molecular weight is 641 g/mol. The maximum absolute atomic E-state index is 12.0. The highest BCUT2D eigenvalue weighted by molar-refractivity contribution is 8.23. The predicted octanol–water partition coefficient (Wildman–Crippen LogP) is 8.28. The van der Waals surface area contributed by atoms with Crippen molar-refractivity contribution in [2.75, 3.05) is 35.5 Å². The minimum atomic E-state index is 0.148. The molecule has 2 nitrogen and oxygen atoms in total. The molecule has 36 heavy (non-hydrogen) atoms. The molecular formula is C26H40O2S8. The van der Waals surface area contributed by atoms with E-state index in [9.17, 15) is 9.59 Å². The summed E-state index contributed by atoms with van der Waals surface area (Å²) in [6.45, 7) is 11.2. The van der Waals surface area contributed by atoms with E-state index in [1.807, 2.05) is 13.8 Å². The van der Waals surface area contributed by atoms with Crippen LogP contribution in [-0.4, -0.2) is 75.9 Å². The smallest absolute Gasteiger partial charge is 0.214 e. The van der Waals surface area contributed by atoms with Crippen LogP contribution in [0.1, 0.15) is 39.5 Å². The van der Waals surface area contributed by atoms with Crippen LogP contribution in [0.2, 0.25) is 0 Å². The summed E-state index contributed by atoms with van der Waals surface area (Å²) in [6.07, 6.45) is 10.1. The van der Waals surface area contributed by atoms with Crippen molar-refractivity contribution in [2.45, 2.75) is 69.7 Å².